The zero-order chi connectivity index (χ0) is 21.0. The van der Waals surface area contributed by atoms with Gasteiger partial charge in [-0.05, 0) is 37.1 Å². The number of nitrogens with zero attached hydrogens (tertiary/aromatic N) is 4. The van der Waals surface area contributed by atoms with Crippen LogP contribution in [0.5, 0.6) is 5.88 Å². The summed E-state index contributed by atoms with van der Waals surface area (Å²) in [6.07, 6.45) is 0.506. The lowest BCUT2D eigenvalue weighted by molar-refractivity contribution is 0.404. The summed E-state index contributed by atoms with van der Waals surface area (Å²) in [7, 11) is 0. The van der Waals surface area contributed by atoms with E-state index in [4.69, 9.17) is 23.2 Å². The third-order valence-electron chi connectivity index (χ3n) is 4.40. The molecular formula is C21H16Cl2N4O2. The maximum Gasteiger partial charge on any atom is 0.281 e. The summed E-state index contributed by atoms with van der Waals surface area (Å²) in [5, 5.41) is 28.7. The summed E-state index contributed by atoms with van der Waals surface area (Å²) in [6.45, 7) is 1.74. The van der Waals surface area contributed by atoms with Crippen molar-refractivity contribution in [3.63, 3.8) is 0 Å². The number of azo groups is 1. The molecule has 0 aliphatic heterocycles. The topological polar surface area (TPSA) is 90.7 Å². The highest BCUT2D eigenvalue weighted by Gasteiger charge is 2.19. The Labute approximate surface area is 177 Å². The van der Waals surface area contributed by atoms with E-state index in [9.17, 15) is 15.2 Å². The van der Waals surface area contributed by atoms with Crippen molar-refractivity contribution in [3.05, 3.63) is 85.6 Å². The second kappa shape index (κ2) is 8.91. The van der Waals surface area contributed by atoms with Crippen LogP contribution in [0.4, 0.5) is 11.4 Å². The Kier molecular flexibility index (Phi) is 6.32. The molecule has 1 heterocycles. The Morgan fingerprint density at radius 2 is 1.83 bits per heavy atom. The number of nitriles is 1. The van der Waals surface area contributed by atoms with E-state index in [0.717, 1.165) is 10.1 Å². The third kappa shape index (κ3) is 4.48. The number of aromatic nitrogens is 1. The van der Waals surface area contributed by atoms with E-state index >= 15 is 0 Å². The molecule has 6 nitrogen and oxygen atoms in total. The van der Waals surface area contributed by atoms with E-state index in [1.807, 2.05) is 36.4 Å². The molecule has 0 saturated heterocycles. The fourth-order valence-electron chi connectivity index (χ4n) is 2.81. The largest absolute Gasteiger partial charge is 0.493 e. The lowest BCUT2D eigenvalue weighted by Gasteiger charge is -2.13. The lowest BCUT2D eigenvalue weighted by atomic mass is 10.1. The molecule has 0 saturated carbocycles. The molecule has 3 rings (SSSR count). The zero-order valence-electron chi connectivity index (χ0n) is 15.4. The molecule has 29 heavy (non-hydrogen) atoms. The van der Waals surface area contributed by atoms with Gasteiger partial charge in [0.25, 0.3) is 5.56 Å². The number of aryl methyl sites for hydroxylation is 1. The van der Waals surface area contributed by atoms with E-state index in [1.54, 1.807) is 19.1 Å². The molecule has 0 fully saturated rings. The quantitative estimate of drug-likeness (QED) is 0.530. The molecule has 0 aliphatic carbocycles. The van der Waals surface area contributed by atoms with Crippen LogP contribution in [-0.4, -0.2) is 9.67 Å². The summed E-state index contributed by atoms with van der Waals surface area (Å²) in [4.78, 5) is 12.9. The van der Waals surface area contributed by atoms with Crippen molar-refractivity contribution >= 4 is 34.6 Å². The van der Waals surface area contributed by atoms with Crippen LogP contribution in [0, 0.1) is 18.3 Å². The first-order valence-corrected chi connectivity index (χ1v) is 9.45. The molecule has 0 radical (unpaired) electrons. The second-order valence-electron chi connectivity index (χ2n) is 6.27. The molecule has 0 bridgehead atoms. The monoisotopic (exact) mass is 426 g/mol. The SMILES string of the molecule is Cc1c(C#N)c(O)n(CCc2ccccc2)c(=O)c1N=Nc1ccc(Cl)c(Cl)c1. The molecular weight excluding hydrogens is 411 g/mol. The minimum atomic E-state index is -0.529. The van der Waals surface area contributed by atoms with Crippen molar-refractivity contribution in [2.75, 3.05) is 0 Å². The van der Waals surface area contributed by atoms with E-state index in [0.29, 0.717) is 22.2 Å². The molecule has 1 N–H and O–H groups in total. The van der Waals surface area contributed by atoms with Gasteiger partial charge in [-0.2, -0.15) is 10.4 Å². The van der Waals surface area contributed by atoms with Crippen LogP contribution >= 0.6 is 23.2 Å². The van der Waals surface area contributed by atoms with Gasteiger partial charge in [-0.3, -0.25) is 9.36 Å². The van der Waals surface area contributed by atoms with Crippen molar-refractivity contribution in [1.29, 1.82) is 5.26 Å². The van der Waals surface area contributed by atoms with Crippen molar-refractivity contribution in [2.45, 2.75) is 19.9 Å². The highest BCUT2D eigenvalue weighted by molar-refractivity contribution is 6.42. The smallest absolute Gasteiger partial charge is 0.281 e. The number of hydrogen-bond donors (Lipinski definition) is 1. The van der Waals surface area contributed by atoms with Crippen molar-refractivity contribution in [3.8, 4) is 11.9 Å². The van der Waals surface area contributed by atoms with Crippen LogP contribution in [0.15, 0.2) is 63.6 Å². The lowest BCUT2D eigenvalue weighted by Crippen LogP contribution is -2.22. The van der Waals surface area contributed by atoms with E-state index in [1.165, 1.54) is 6.07 Å². The van der Waals surface area contributed by atoms with Gasteiger partial charge in [0.2, 0.25) is 5.88 Å². The summed E-state index contributed by atoms with van der Waals surface area (Å²) >= 11 is 11.9. The van der Waals surface area contributed by atoms with Crippen LogP contribution in [-0.2, 0) is 13.0 Å². The summed E-state index contributed by atoms with van der Waals surface area (Å²) in [6, 6.07) is 16.2. The summed E-state index contributed by atoms with van der Waals surface area (Å²) in [5.74, 6) is -0.376. The number of pyridine rings is 1. The zero-order valence-corrected chi connectivity index (χ0v) is 16.9. The number of benzene rings is 2. The van der Waals surface area contributed by atoms with Crippen LogP contribution < -0.4 is 5.56 Å². The summed E-state index contributed by atoms with van der Waals surface area (Å²) < 4.78 is 1.14. The standard InChI is InChI=1S/C21H16Cl2N4O2/c1-13-16(12-24)20(28)27(10-9-14-5-3-2-4-6-14)21(29)19(13)26-25-15-7-8-17(22)18(23)11-15/h2-8,11,28H,9-10H2,1H3. The van der Waals surface area contributed by atoms with Gasteiger partial charge in [0.15, 0.2) is 5.69 Å². The molecule has 1 aromatic heterocycles. The molecule has 0 unspecified atom stereocenters. The number of aromatic hydroxyl groups is 1. The Morgan fingerprint density at radius 3 is 2.48 bits per heavy atom. The molecule has 2 aromatic carbocycles. The molecule has 0 atom stereocenters. The third-order valence-corrected chi connectivity index (χ3v) is 5.14. The van der Waals surface area contributed by atoms with Crippen LogP contribution in [0.2, 0.25) is 10.0 Å². The highest BCUT2D eigenvalue weighted by atomic mass is 35.5. The van der Waals surface area contributed by atoms with Gasteiger partial charge in [0.1, 0.15) is 11.6 Å². The minimum absolute atomic E-state index is 0.0132. The van der Waals surface area contributed by atoms with Crippen LogP contribution in [0.25, 0.3) is 0 Å². The van der Waals surface area contributed by atoms with Gasteiger partial charge in [0, 0.05) is 12.1 Å². The minimum Gasteiger partial charge on any atom is -0.493 e. The fourth-order valence-corrected chi connectivity index (χ4v) is 3.10. The van der Waals surface area contributed by atoms with Gasteiger partial charge < -0.3 is 5.11 Å². The maximum absolute atomic E-state index is 12.9. The van der Waals surface area contributed by atoms with Crippen molar-refractivity contribution < 1.29 is 5.11 Å². The Morgan fingerprint density at radius 1 is 1.10 bits per heavy atom. The average molecular weight is 427 g/mol. The van der Waals surface area contributed by atoms with Crippen molar-refractivity contribution in [2.24, 2.45) is 10.2 Å². The first-order chi connectivity index (χ1) is 13.9. The van der Waals surface area contributed by atoms with Gasteiger partial charge in [0.05, 0.1) is 15.7 Å². The molecule has 146 valence electrons. The second-order valence-corrected chi connectivity index (χ2v) is 7.09. The average Bonchev–Trinajstić information content (AvgIpc) is 2.71. The summed E-state index contributed by atoms with van der Waals surface area (Å²) in [5.41, 5.74) is 1.10. The molecule has 3 aromatic rings. The Bertz CT molecular complexity index is 1180. The van der Waals surface area contributed by atoms with Gasteiger partial charge >= 0.3 is 0 Å². The van der Waals surface area contributed by atoms with E-state index in [2.05, 4.69) is 10.2 Å². The normalized spacial score (nSPS) is 11.0. The van der Waals surface area contributed by atoms with Gasteiger partial charge in [-0.25, -0.2) is 0 Å². The van der Waals surface area contributed by atoms with Crippen LogP contribution in [0.1, 0.15) is 16.7 Å². The maximum atomic E-state index is 12.9. The first kappa shape index (κ1) is 20.6. The first-order valence-electron chi connectivity index (χ1n) is 8.69. The Hall–Kier alpha value is -3.14. The molecule has 0 spiro atoms. The number of rotatable bonds is 5. The van der Waals surface area contributed by atoms with E-state index in [-0.39, 0.29) is 29.2 Å². The highest BCUT2D eigenvalue weighted by Crippen LogP contribution is 2.29. The van der Waals surface area contributed by atoms with Gasteiger partial charge in [-0.15, -0.1) is 5.11 Å². The van der Waals surface area contributed by atoms with E-state index < -0.39 is 5.56 Å². The molecule has 0 aliphatic rings. The number of halogens is 2. The Balaban J connectivity index is 2.02. The fraction of sp³-hybridized carbons (Fsp3) is 0.143. The molecule has 0 amide bonds. The van der Waals surface area contributed by atoms with Crippen LogP contribution in [0.3, 0.4) is 0 Å². The van der Waals surface area contributed by atoms with Gasteiger partial charge in [-0.1, -0.05) is 53.5 Å². The predicted octanol–water partition coefficient (Wildman–Crippen LogP) is 5.70. The number of hydrogen-bond acceptors (Lipinski definition) is 5. The molecule has 8 heteroatoms. The predicted molar refractivity (Wildman–Crippen MR) is 113 cm³/mol. The van der Waals surface area contributed by atoms with Crippen molar-refractivity contribution in [1.82, 2.24) is 4.57 Å².